The molecule has 0 aliphatic rings. The lowest BCUT2D eigenvalue weighted by atomic mass is 10.2. The highest BCUT2D eigenvalue weighted by molar-refractivity contribution is 7.99. The molecule has 0 saturated carbocycles. The summed E-state index contributed by atoms with van der Waals surface area (Å²) in [5.74, 6) is -0.509. The summed E-state index contributed by atoms with van der Waals surface area (Å²) in [4.78, 5) is 22.8. The van der Waals surface area contributed by atoms with E-state index < -0.39 is 12.0 Å². The number of allylic oxidation sites excluding steroid dienone is 1. The first-order valence-electron chi connectivity index (χ1n) is 6.77. The molecule has 0 aliphatic heterocycles. The van der Waals surface area contributed by atoms with Crippen molar-refractivity contribution in [1.82, 2.24) is 5.32 Å². The number of carbonyl (C=O) groups is 2. The monoisotopic (exact) mass is 318 g/mol. The number of hydrogen-bond donors (Lipinski definition) is 2. The average molecular weight is 318 g/mol. The van der Waals surface area contributed by atoms with Crippen molar-refractivity contribution in [3.8, 4) is 6.07 Å². The molecule has 1 amide bonds. The number of carbonyl (C=O) groups excluding carboxylic acids is 1. The molecule has 0 spiro atoms. The number of hydrogen-bond acceptors (Lipinski definition) is 4. The summed E-state index contributed by atoms with van der Waals surface area (Å²) in [5.41, 5.74) is 1.61. The molecule has 1 unspecified atom stereocenters. The van der Waals surface area contributed by atoms with Crippen molar-refractivity contribution in [3.05, 3.63) is 47.5 Å². The van der Waals surface area contributed by atoms with E-state index >= 15 is 0 Å². The Hall–Kier alpha value is -2.26. The van der Waals surface area contributed by atoms with Crippen LogP contribution in [-0.2, 0) is 15.3 Å². The lowest BCUT2D eigenvalue weighted by Gasteiger charge is -2.12. The van der Waals surface area contributed by atoms with Crippen LogP contribution in [-0.4, -0.2) is 28.8 Å². The van der Waals surface area contributed by atoms with Crippen molar-refractivity contribution in [3.63, 3.8) is 0 Å². The van der Waals surface area contributed by atoms with E-state index in [-0.39, 0.29) is 18.1 Å². The van der Waals surface area contributed by atoms with E-state index in [2.05, 4.69) is 5.32 Å². The van der Waals surface area contributed by atoms with Gasteiger partial charge in [0.2, 0.25) is 5.91 Å². The maximum atomic E-state index is 11.7. The molecule has 0 heterocycles. The largest absolute Gasteiger partial charge is 0.480 e. The quantitative estimate of drug-likeness (QED) is 0.718. The Kier molecular flexibility index (Phi) is 7.79. The predicted octanol–water partition coefficient (Wildman–Crippen LogP) is 2.33. The second kappa shape index (κ2) is 9.64. The molecule has 0 fully saturated rings. The van der Waals surface area contributed by atoms with Gasteiger partial charge in [0.1, 0.15) is 6.04 Å². The number of aliphatic carboxylic acids is 1. The minimum absolute atomic E-state index is 0.194. The third kappa shape index (κ3) is 6.46. The zero-order chi connectivity index (χ0) is 16.4. The Morgan fingerprint density at radius 3 is 2.64 bits per heavy atom. The number of thioether (sulfide) groups is 1. The molecule has 0 aromatic heterocycles. The first kappa shape index (κ1) is 17.8. The molecule has 0 saturated heterocycles. The molecule has 1 aromatic carbocycles. The molecule has 22 heavy (non-hydrogen) atoms. The summed E-state index contributed by atoms with van der Waals surface area (Å²) in [6, 6.07) is 8.30. The first-order chi connectivity index (χ1) is 10.6. The molecule has 0 radical (unpaired) electrons. The first-order valence-corrected chi connectivity index (χ1v) is 7.92. The van der Waals surface area contributed by atoms with E-state index in [0.29, 0.717) is 11.3 Å². The normalized spacial score (nSPS) is 11.8. The van der Waals surface area contributed by atoms with Gasteiger partial charge in [0.15, 0.2) is 0 Å². The average Bonchev–Trinajstić information content (AvgIpc) is 2.51. The molecule has 1 atom stereocenters. The molecule has 1 rings (SSSR count). The Balaban J connectivity index is 2.38. The Labute approximate surface area is 134 Å². The smallest absolute Gasteiger partial charge is 0.326 e. The van der Waals surface area contributed by atoms with Crippen LogP contribution in [0.25, 0.3) is 0 Å². The number of amides is 1. The molecule has 1 aromatic rings. The van der Waals surface area contributed by atoms with Gasteiger partial charge in [-0.15, -0.1) is 11.8 Å². The Morgan fingerprint density at radius 1 is 1.41 bits per heavy atom. The van der Waals surface area contributed by atoms with Crippen LogP contribution in [0.15, 0.2) is 36.4 Å². The number of nitrogens with zero attached hydrogens (tertiary/aromatic N) is 1. The summed E-state index contributed by atoms with van der Waals surface area (Å²) in [6.07, 6.45) is 3.74. The summed E-state index contributed by atoms with van der Waals surface area (Å²) in [5, 5.41) is 20.2. The van der Waals surface area contributed by atoms with Crippen molar-refractivity contribution in [2.45, 2.75) is 25.1 Å². The number of benzene rings is 1. The molecule has 0 bridgehead atoms. The summed E-state index contributed by atoms with van der Waals surface area (Å²) < 4.78 is 0. The Morgan fingerprint density at radius 2 is 2.09 bits per heavy atom. The zero-order valence-corrected chi connectivity index (χ0v) is 13.1. The highest BCUT2D eigenvalue weighted by Crippen LogP contribution is 2.12. The highest BCUT2D eigenvalue weighted by Gasteiger charge is 2.18. The van der Waals surface area contributed by atoms with Gasteiger partial charge in [-0.25, -0.2) is 4.79 Å². The van der Waals surface area contributed by atoms with E-state index in [4.69, 9.17) is 10.4 Å². The standard InChI is InChI=1S/C16H18N2O3S/c1-2-3-4-14(16(20)21)18-15(19)11-22-10-13-7-5-12(9-17)6-8-13/h2-3,5-8,14H,4,10-11H2,1H3,(H,18,19)(H,20,21)/b3-2+. The van der Waals surface area contributed by atoms with Crippen LogP contribution in [0.5, 0.6) is 0 Å². The number of carboxylic acid groups (broad SMARTS) is 1. The van der Waals surface area contributed by atoms with Crippen LogP contribution >= 0.6 is 11.8 Å². The van der Waals surface area contributed by atoms with Crippen LogP contribution in [0, 0.1) is 11.3 Å². The predicted molar refractivity (Wildman–Crippen MR) is 86.3 cm³/mol. The van der Waals surface area contributed by atoms with Gasteiger partial charge < -0.3 is 10.4 Å². The number of carboxylic acids is 1. The van der Waals surface area contributed by atoms with Gasteiger partial charge in [0, 0.05) is 5.75 Å². The van der Waals surface area contributed by atoms with Crippen molar-refractivity contribution in [2.75, 3.05) is 5.75 Å². The van der Waals surface area contributed by atoms with Crippen molar-refractivity contribution in [2.24, 2.45) is 0 Å². The maximum absolute atomic E-state index is 11.7. The summed E-state index contributed by atoms with van der Waals surface area (Å²) in [6.45, 7) is 1.80. The fraction of sp³-hybridized carbons (Fsp3) is 0.312. The lowest BCUT2D eigenvalue weighted by Crippen LogP contribution is -2.41. The van der Waals surface area contributed by atoms with Crippen LogP contribution < -0.4 is 5.32 Å². The van der Waals surface area contributed by atoms with Gasteiger partial charge in [-0.3, -0.25) is 4.79 Å². The third-order valence-electron chi connectivity index (χ3n) is 2.83. The fourth-order valence-corrected chi connectivity index (χ4v) is 2.47. The highest BCUT2D eigenvalue weighted by atomic mass is 32.2. The van der Waals surface area contributed by atoms with Crippen molar-refractivity contribution in [1.29, 1.82) is 5.26 Å². The SMILES string of the molecule is C/C=C/CC(NC(=O)CSCc1ccc(C#N)cc1)C(=O)O. The summed E-state index contributed by atoms with van der Waals surface area (Å²) >= 11 is 1.40. The zero-order valence-electron chi connectivity index (χ0n) is 12.3. The molecular weight excluding hydrogens is 300 g/mol. The minimum Gasteiger partial charge on any atom is -0.480 e. The van der Waals surface area contributed by atoms with E-state index in [1.807, 2.05) is 18.2 Å². The second-order valence-electron chi connectivity index (χ2n) is 4.56. The van der Waals surface area contributed by atoms with Crippen molar-refractivity contribution >= 4 is 23.6 Å². The van der Waals surface area contributed by atoms with E-state index in [1.165, 1.54) is 11.8 Å². The minimum atomic E-state index is -1.04. The lowest BCUT2D eigenvalue weighted by molar-refractivity contribution is -0.141. The molecule has 5 nitrogen and oxygen atoms in total. The molecule has 2 N–H and O–H groups in total. The van der Waals surface area contributed by atoms with Crippen LogP contribution in [0.2, 0.25) is 0 Å². The van der Waals surface area contributed by atoms with E-state index in [1.54, 1.807) is 31.2 Å². The van der Waals surface area contributed by atoms with E-state index in [9.17, 15) is 9.59 Å². The number of rotatable bonds is 8. The summed E-state index contributed by atoms with van der Waals surface area (Å²) in [7, 11) is 0. The maximum Gasteiger partial charge on any atom is 0.326 e. The van der Waals surface area contributed by atoms with Gasteiger partial charge in [-0.2, -0.15) is 5.26 Å². The van der Waals surface area contributed by atoms with Crippen LogP contribution in [0.3, 0.4) is 0 Å². The van der Waals surface area contributed by atoms with Crippen LogP contribution in [0.1, 0.15) is 24.5 Å². The molecule has 0 aliphatic carbocycles. The molecule has 6 heteroatoms. The number of nitrogens with one attached hydrogen (secondary N) is 1. The van der Waals surface area contributed by atoms with E-state index in [0.717, 1.165) is 5.56 Å². The second-order valence-corrected chi connectivity index (χ2v) is 5.55. The third-order valence-corrected chi connectivity index (χ3v) is 3.83. The Bertz CT molecular complexity index is 576. The van der Waals surface area contributed by atoms with Gasteiger partial charge >= 0.3 is 5.97 Å². The van der Waals surface area contributed by atoms with Gasteiger partial charge in [-0.05, 0) is 31.0 Å². The van der Waals surface area contributed by atoms with Gasteiger partial charge in [0.25, 0.3) is 0 Å². The van der Waals surface area contributed by atoms with Crippen LogP contribution in [0.4, 0.5) is 0 Å². The van der Waals surface area contributed by atoms with Gasteiger partial charge in [-0.1, -0.05) is 24.3 Å². The fourth-order valence-electron chi connectivity index (χ4n) is 1.67. The number of nitriles is 1. The van der Waals surface area contributed by atoms with Gasteiger partial charge in [0.05, 0.1) is 17.4 Å². The van der Waals surface area contributed by atoms with Crippen molar-refractivity contribution < 1.29 is 14.7 Å². The molecular formula is C16H18N2O3S. The molecule has 116 valence electrons. The topological polar surface area (TPSA) is 90.2 Å².